The van der Waals surface area contributed by atoms with Gasteiger partial charge in [0.05, 0.1) is 17.3 Å². The van der Waals surface area contributed by atoms with Crippen LogP contribution in [0.3, 0.4) is 0 Å². The number of carbonyl (C=O) groups excluding carboxylic acids is 2. The van der Waals surface area contributed by atoms with E-state index in [9.17, 15) is 14.0 Å². The minimum atomic E-state index is -0.313. The number of aliphatic imine (C=N–C) groups is 1. The standard InChI is InChI=1S/C25H29FN5O2P/c1-14(15-5-7-16(26)8-6-15)30-24(33)19-10-9-18(31-19)20-12-28-22-21(34-20)17(11-27-22)23(32)29-13-25(2,3)4/h5-12,14,21,31,34H,13H2,1-4H3,(H,27,28)(H,29,32)(H,30,33). The highest BCUT2D eigenvalue weighted by atomic mass is 31.1. The highest BCUT2D eigenvalue weighted by Crippen LogP contribution is 2.44. The number of rotatable bonds is 6. The Bertz CT molecular complexity index is 1190. The van der Waals surface area contributed by atoms with Gasteiger partial charge in [0, 0.05) is 30.0 Å². The summed E-state index contributed by atoms with van der Waals surface area (Å²) < 4.78 is 13.2. The SMILES string of the molecule is CC(NC(=O)c1ccc(C2=CNC3=NC=C(C(=O)NCC(C)(C)C)C3P2)[nH]1)c1ccc(F)cc1. The van der Waals surface area contributed by atoms with Crippen molar-refractivity contribution in [3.8, 4) is 0 Å². The molecule has 34 heavy (non-hydrogen) atoms. The lowest BCUT2D eigenvalue weighted by molar-refractivity contribution is -0.117. The maximum Gasteiger partial charge on any atom is 0.268 e. The van der Waals surface area contributed by atoms with Gasteiger partial charge >= 0.3 is 0 Å². The van der Waals surface area contributed by atoms with E-state index in [4.69, 9.17) is 0 Å². The normalized spacial score (nSPS) is 18.9. The fraction of sp³-hybridized carbons (Fsp3) is 0.320. The lowest BCUT2D eigenvalue weighted by Crippen LogP contribution is -2.38. The quantitative estimate of drug-likeness (QED) is 0.469. The Labute approximate surface area is 200 Å². The van der Waals surface area contributed by atoms with Crippen molar-refractivity contribution in [2.45, 2.75) is 39.4 Å². The molecule has 0 aliphatic carbocycles. The molecule has 3 atom stereocenters. The number of benzene rings is 1. The second kappa shape index (κ2) is 9.55. The van der Waals surface area contributed by atoms with E-state index in [1.165, 1.54) is 12.1 Å². The second-order valence-electron chi connectivity index (χ2n) is 9.65. The van der Waals surface area contributed by atoms with Crippen LogP contribution in [0.1, 0.15) is 55.5 Å². The third-order valence-electron chi connectivity index (χ3n) is 5.57. The first-order valence-corrected chi connectivity index (χ1v) is 12.2. The number of aromatic nitrogens is 1. The van der Waals surface area contributed by atoms with E-state index in [1.54, 1.807) is 24.4 Å². The molecule has 2 amide bonds. The van der Waals surface area contributed by atoms with Crippen LogP contribution in [0.4, 0.5) is 4.39 Å². The van der Waals surface area contributed by atoms with Gasteiger partial charge in [-0.25, -0.2) is 9.38 Å². The summed E-state index contributed by atoms with van der Waals surface area (Å²) in [6.45, 7) is 8.65. The number of nitrogens with one attached hydrogen (secondary N) is 4. The molecule has 4 N–H and O–H groups in total. The molecule has 7 nitrogen and oxygen atoms in total. The molecule has 1 aromatic heterocycles. The van der Waals surface area contributed by atoms with Crippen LogP contribution in [-0.2, 0) is 4.79 Å². The van der Waals surface area contributed by atoms with Gasteiger partial charge in [-0.05, 0) is 42.2 Å². The highest BCUT2D eigenvalue weighted by Gasteiger charge is 2.33. The summed E-state index contributed by atoms with van der Waals surface area (Å²) in [4.78, 5) is 33.0. The fourth-order valence-corrected chi connectivity index (χ4v) is 5.06. The van der Waals surface area contributed by atoms with Crippen LogP contribution in [-0.4, -0.2) is 34.8 Å². The molecule has 3 heterocycles. The summed E-state index contributed by atoms with van der Waals surface area (Å²) in [5, 5.41) is 10.1. The number of fused-ring (bicyclic) bond motifs is 1. The molecule has 2 aromatic rings. The molecule has 0 fully saturated rings. The average Bonchev–Trinajstić information content (AvgIpc) is 3.44. The molecule has 3 unspecified atom stereocenters. The summed E-state index contributed by atoms with van der Waals surface area (Å²) in [5.41, 5.74) is 2.57. The van der Waals surface area contributed by atoms with E-state index in [1.807, 2.05) is 19.2 Å². The van der Waals surface area contributed by atoms with Gasteiger partial charge in [0.25, 0.3) is 5.91 Å². The molecule has 2 aliphatic rings. The molecule has 0 radical (unpaired) electrons. The Morgan fingerprint density at radius 2 is 1.88 bits per heavy atom. The molecular weight excluding hydrogens is 452 g/mol. The van der Waals surface area contributed by atoms with Crippen LogP contribution in [0.25, 0.3) is 5.31 Å². The molecule has 0 saturated carbocycles. The lowest BCUT2D eigenvalue weighted by atomic mass is 9.97. The topological polar surface area (TPSA) is 98.4 Å². The Kier molecular flexibility index (Phi) is 6.71. The number of halogens is 1. The third kappa shape index (κ3) is 5.45. The van der Waals surface area contributed by atoms with Gasteiger partial charge in [-0.3, -0.25) is 9.59 Å². The van der Waals surface area contributed by atoms with Crippen molar-refractivity contribution in [2.75, 3.05) is 6.54 Å². The number of aromatic amines is 1. The molecule has 0 bridgehead atoms. The summed E-state index contributed by atoms with van der Waals surface area (Å²) in [6, 6.07) is 9.39. The number of hydrogen-bond donors (Lipinski definition) is 4. The molecule has 9 heteroatoms. The van der Waals surface area contributed by atoms with Gasteiger partial charge in [0.1, 0.15) is 17.3 Å². The Hall–Kier alpha value is -3.25. The van der Waals surface area contributed by atoms with Crippen molar-refractivity contribution >= 4 is 31.5 Å². The number of amidine groups is 1. The summed E-state index contributed by atoms with van der Waals surface area (Å²) in [6.07, 6.45) is 3.51. The van der Waals surface area contributed by atoms with E-state index in [-0.39, 0.29) is 43.3 Å². The van der Waals surface area contributed by atoms with E-state index in [0.717, 1.165) is 22.4 Å². The van der Waals surface area contributed by atoms with Crippen LogP contribution < -0.4 is 16.0 Å². The largest absolute Gasteiger partial charge is 0.352 e. The summed E-state index contributed by atoms with van der Waals surface area (Å²) in [7, 11) is 0.288. The van der Waals surface area contributed by atoms with Crippen molar-refractivity contribution in [2.24, 2.45) is 10.4 Å². The van der Waals surface area contributed by atoms with Crippen molar-refractivity contribution in [1.29, 1.82) is 0 Å². The first kappa shape index (κ1) is 23.9. The average molecular weight is 482 g/mol. The van der Waals surface area contributed by atoms with Crippen molar-refractivity contribution in [1.82, 2.24) is 20.9 Å². The zero-order chi connectivity index (χ0) is 24.5. The van der Waals surface area contributed by atoms with Gasteiger partial charge < -0.3 is 20.9 Å². The van der Waals surface area contributed by atoms with Crippen LogP contribution in [0.5, 0.6) is 0 Å². The van der Waals surface area contributed by atoms with Gasteiger partial charge in [-0.2, -0.15) is 0 Å². The number of nitrogens with zero attached hydrogens (tertiary/aromatic N) is 1. The zero-order valence-electron chi connectivity index (χ0n) is 19.6. The zero-order valence-corrected chi connectivity index (χ0v) is 20.6. The number of hydrogen-bond acceptors (Lipinski definition) is 4. The fourth-order valence-electron chi connectivity index (χ4n) is 3.63. The van der Waals surface area contributed by atoms with Crippen molar-refractivity contribution in [3.63, 3.8) is 0 Å². The molecule has 0 saturated heterocycles. The Balaban J connectivity index is 1.40. The third-order valence-corrected chi connectivity index (χ3v) is 7.17. The predicted molar refractivity (Wildman–Crippen MR) is 134 cm³/mol. The Morgan fingerprint density at radius 3 is 2.59 bits per heavy atom. The molecule has 2 aliphatic heterocycles. The monoisotopic (exact) mass is 481 g/mol. The first-order valence-electron chi connectivity index (χ1n) is 11.2. The maximum atomic E-state index is 13.2. The minimum absolute atomic E-state index is 0.00784. The smallest absolute Gasteiger partial charge is 0.268 e. The van der Waals surface area contributed by atoms with Crippen molar-refractivity contribution < 1.29 is 14.0 Å². The van der Waals surface area contributed by atoms with Gasteiger partial charge in [0.2, 0.25) is 5.91 Å². The molecular formula is C25H29FN5O2P. The maximum absolute atomic E-state index is 13.2. The molecule has 178 valence electrons. The second-order valence-corrected chi connectivity index (χ2v) is 11.1. The predicted octanol–water partition coefficient (Wildman–Crippen LogP) is 4.05. The van der Waals surface area contributed by atoms with Crippen LogP contribution in [0, 0.1) is 11.2 Å². The number of carbonyl (C=O) groups is 2. The lowest BCUT2D eigenvalue weighted by Gasteiger charge is -2.24. The van der Waals surface area contributed by atoms with Crippen LogP contribution in [0.15, 0.2) is 59.4 Å². The van der Waals surface area contributed by atoms with Gasteiger partial charge in [-0.1, -0.05) is 41.5 Å². The van der Waals surface area contributed by atoms with E-state index < -0.39 is 0 Å². The van der Waals surface area contributed by atoms with E-state index in [2.05, 4.69) is 46.7 Å². The van der Waals surface area contributed by atoms with E-state index >= 15 is 0 Å². The van der Waals surface area contributed by atoms with Crippen LogP contribution in [0.2, 0.25) is 0 Å². The minimum Gasteiger partial charge on any atom is -0.352 e. The van der Waals surface area contributed by atoms with Crippen molar-refractivity contribution in [3.05, 3.63) is 77.1 Å². The molecule has 4 rings (SSSR count). The number of amides is 2. The van der Waals surface area contributed by atoms with Crippen LogP contribution >= 0.6 is 8.58 Å². The number of H-pyrrole nitrogens is 1. The molecule has 1 aromatic carbocycles. The molecule has 0 spiro atoms. The Morgan fingerprint density at radius 1 is 1.15 bits per heavy atom. The summed E-state index contributed by atoms with van der Waals surface area (Å²) >= 11 is 0. The van der Waals surface area contributed by atoms with Gasteiger partial charge in [0.15, 0.2) is 0 Å². The van der Waals surface area contributed by atoms with Gasteiger partial charge in [-0.15, -0.1) is 0 Å². The highest BCUT2D eigenvalue weighted by molar-refractivity contribution is 7.53. The first-order chi connectivity index (χ1) is 16.1. The summed E-state index contributed by atoms with van der Waals surface area (Å²) in [5.74, 6) is 0.101. The van der Waals surface area contributed by atoms with E-state index in [0.29, 0.717) is 17.8 Å².